The van der Waals surface area contributed by atoms with E-state index in [1.807, 2.05) is 0 Å². The summed E-state index contributed by atoms with van der Waals surface area (Å²) in [4.78, 5) is 2.51. The van der Waals surface area contributed by atoms with Crippen LogP contribution in [0.1, 0.15) is 40.0 Å². The Labute approximate surface area is 95.2 Å². The second-order valence-electron chi connectivity index (χ2n) is 5.75. The summed E-state index contributed by atoms with van der Waals surface area (Å²) in [6, 6.07) is 0.756. The largest absolute Gasteiger partial charge is 0.330 e. The first-order chi connectivity index (χ1) is 7.04. The molecule has 0 aromatic carbocycles. The van der Waals surface area contributed by atoms with Crippen LogP contribution in [0.15, 0.2) is 0 Å². The lowest BCUT2D eigenvalue weighted by molar-refractivity contribution is 0.190. The lowest BCUT2D eigenvalue weighted by Crippen LogP contribution is -2.37. The molecule has 1 aliphatic rings. The van der Waals surface area contributed by atoms with E-state index in [2.05, 4.69) is 32.7 Å². The summed E-state index contributed by atoms with van der Waals surface area (Å²) in [5.74, 6) is 2.41. The van der Waals surface area contributed by atoms with Gasteiger partial charge in [0.25, 0.3) is 0 Å². The van der Waals surface area contributed by atoms with Crippen LogP contribution in [0, 0.1) is 17.8 Å². The Morgan fingerprint density at radius 1 is 1.27 bits per heavy atom. The molecule has 0 spiro atoms. The Morgan fingerprint density at radius 3 is 2.27 bits per heavy atom. The van der Waals surface area contributed by atoms with E-state index in [1.54, 1.807) is 0 Å². The van der Waals surface area contributed by atoms with Gasteiger partial charge in [-0.2, -0.15) is 0 Å². The molecule has 0 saturated heterocycles. The molecule has 1 rings (SSSR count). The average molecular weight is 212 g/mol. The maximum atomic E-state index is 5.83. The third-order valence-electron chi connectivity index (χ3n) is 3.68. The Morgan fingerprint density at radius 2 is 1.87 bits per heavy atom. The van der Waals surface area contributed by atoms with Gasteiger partial charge in [-0.05, 0) is 57.5 Å². The van der Waals surface area contributed by atoms with Crippen molar-refractivity contribution < 1.29 is 0 Å². The van der Waals surface area contributed by atoms with Gasteiger partial charge in [-0.3, -0.25) is 0 Å². The first-order valence-corrected chi connectivity index (χ1v) is 6.44. The molecule has 1 fully saturated rings. The molecule has 15 heavy (non-hydrogen) atoms. The van der Waals surface area contributed by atoms with Crippen molar-refractivity contribution in [2.45, 2.75) is 46.1 Å². The van der Waals surface area contributed by atoms with Crippen molar-refractivity contribution in [1.29, 1.82) is 0 Å². The van der Waals surface area contributed by atoms with Crippen LogP contribution in [0.4, 0.5) is 0 Å². The van der Waals surface area contributed by atoms with Gasteiger partial charge in [0.05, 0.1) is 0 Å². The summed E-state index contributed by atoms with van der Waals surface area (Å²) < 4.78 is 0. The molecule has 2 unspecified atom stereocenters. The number of hydrogen-bond donors (Lipinski definition) is 1. The van der Waals surface area contributed by atoms with Crippen molar-refractivity contribution in [3.05, 3.63) is 0 Å². The van der Waals surface area contributed by atoms with Crippen LogP contribution in [0.2, 0.25) is 0 Å². The zero-order valence-corrected chi connectivity index (χ0v) is 10.9. The topological polar surface area (TPSA) is 29.3 Å². The maximum absolute atomic E-state index is 5.83. The van der Waals surface area contributed by atoms with Crippen LogP contribution in [0.5, 0.6) is 0 Å². The zero-order chi connectivity index (χ0) is 11.4. The monoisotopic (exact) mass is 212 g/mol. The summed E-state index contributed by atoms with van der Waals surface area (Å²) >= 11 is 0. The summed E-state index contributed by atoms with van der Waals surface area (Å²) in [5.41, 5.74) is 5.83. The average Bonchev–Trinajstić information content (AvgIpc) is 2.97. The minimum Gasteiger partial charge on any atom is -0.330 e. The second-order valence-corrected chi connectivity index (χ2v) is 5.75. The third kappa shape index (κ3) is 4.52. The molecule has 0 amide bonds. The highest BCUT2D eigenvalue weighted by atomic mass is 15.1. The molecular formula is C13H28N2. The molecular weight excluding hydrogens is 184 g/mol. The fraction of sp³-hybridized carbons (Fsp3) is 1.00. The molecule has 0 bridgehead atoms. The van der Waals surface area contributed by atoms with Crippen LogP contribution >= 0.6 is 0 Å². The molecule has 0 radical (unpaired) electrons. The summed E-state index contributed by atoms with van der Waals surface area (Å²) in [6.45, 7) is 8.94. The van der Waals surface area contributed by atoms with Crippen molar-refractivity contribution in [3.63, 3.8) is 0 Å². The van der Waals surface area contributed by atoms with E-state index in [9.17, 15) is 0 Å². The second kappa shape index (κ2) is 5.86. The van der Waals surface area contributed by atoms with E-state index < -0.39 is 0 Å². The van der Waals surface area contributed by atoms with E-state index >= 15 is 0 Å². The number of nitrogens with two attached hydrogens (primary N) is 1. The standard InChI is InChI=1S/C13H28N2/c1-10(2)7-12(8-14)9-15(4)11(3)13-5-6-13/h10-13H,5-9,14H2,1-4H3. The van der Waals surface area contributed by atoms with E-state index in [0.29, 0.717) is 5.92 Å². The maximum Gasteiger partial charge on any atom is 0.00922 e. The minimum absolute atomic E-state index is 0.677. The molecule has 0 aromatic rings. The highest BCUT2D eigenvalue weighted by Crippen LogP contribution is 2.34. The molecule has 90 valence electrons. The summed E-state index contributed by atoms with van der Waals surface area (Å²) in [5, 5.41) is 0. The van der Waals surface area contributed by atoms with Crippen molar-refractivity contribution in [2.24, 2.45) is 23.5 Å². The van der Waals surface area contributed by atoms with Crippen LogP contribution in [-0.4, -0.2) is 31.1 Å². The molecule has 2 heteroatoms. The van der Waals surface area contributed by atoms with E-state index in [0.717, 1.165) is 24.4 Å². The molecule has 1 saturated carbocycles. The molecule has 0 aromatic heterocycles. The SMILES string of the molecule is CC(C)CC(CN)CN(C)C(C)C1CC1. The quantitative estimate of drug-likeness (QED) is 0.702. The first-order valence-electron chi connectivity index (χ1n) is 6.44. The summed E-state index contributed by atoms with van der Waals surface area (Å²) in [6.07, 6.45) is 4.13. The predicted octanol–water partition coefficient (Wildman–Crippen LogP) is 2.34. The van der Waals surface area contributed by atoms with Gasteiger partial charge in [-0.15, -0.1) is 0 Å². The molecule has 1 aliphatic carbocycles. The Bertz CT molecular complexity index is 175. The lowest BCUT2D eigenvalue weighted by Gasteiger charge is -2.29. The van der Waals surface area contributed by atoms with Gasteiger partial charge >= 0.3 is 0 Å². The number of nitrogens with zero attached hydrogens (tertiary/aromatic N) is 1. The van der Waals surface area contributed by atoms with Gasteiger partial charge in [-0.25, -0.2) is 0 Å². The molecule has 2 N–H and O–H groups in total. The van der Waals surface area contributed by atoms with Crippen LogP contribution in [-0.2, 0) is 0 Å². The Balaban J connectivity index is 2.29. The van der Waals surface area contributed by atoms with E-state index in [-0.39, 0.29) is 0 Å². The van der Waals surface area contributed by atoms with E-state index in [1.165, 1.54) is 25.8 Å². The highest BCUT2D eigenvalue weighted by Gasteiger charge is 2.30. The lowest BCUT2D eigenvalue weighted by atomic mass is 9.96. The van der Waals surface area contributed by atoms with Crippen LogP contribution in [0.3, 0.4) is 0 Å². The molecule has 2 atom stereocenters. The Hall–Kier alpha value is -0.0800. The van der Waals surface area contributed by atoms with E-state index in [4.69, 9.17) is 5.73 Å². The van der Waals surface area contributed by atoms with Crippen molar-refractivity contribution in [3.8, 4) is 0 Å². The summed E-state index contributed by atoms with van der Waals surface area (Å²) in [7, 11) is 2.26. The van der Waals surface area contributed by atoms with Gasteiger partial charge in [0.2, 0.25) is 0 Å². The number of hydrogen-bond acceptors (Lipinski definition) is 2. The van der Waals surface area contributed by atoms with Crippen LogP contribution in [0.25, 0.3) is 0 Å². The van der Waals surface area contributed by atoms with Gasteiger partial charge in [0, 0.05) is 12.6 Å². The third-order valence-corrected chi connectivity index (χ3v) is 3.68. The zero-order valence-electron chi connectivity index (χ0n) is 10.9. The Kier molecular flexibility index (Phi) is 5.07. The van der Waals surface area contributed by atoms with Gasteiger partial charge in [0.1, 0.15) is 0 Å². The van der Waals surface area contributed by atoms with Crippen molar-refractivity contribution >= 4 is 0 Å². The smallest absolute Gasteiger partial charge is 0.00922 e. The first kappa shape index (κ1) is 13.0. The van der Waals surface area contributed by atoms with Gasteiger partial charge < -0.3 is 10.6 Å². The molecule has 0 aliphatic heterocycles. The number of rotatable bonds is 7. The van der Waals surface area contributed by atoms with Crippen molar-refractivity contribution in [1.82, 2.24) is 4.90 Å². The van der Waals surface area contributed by atoms with Gasteiger partial charge in [0.15, 0.2) is 0 Å². The normalized spacial score (nSPS) is 21.0. The van der Waals surface area contributed by atoms with Gasteiger partial charge in [-0.1, -0.05) is 13.8 Å². The minimum atomic E-state index is 0.677. The fourth-order valence-corrected chi connectivity index (χ4v) is 2.42. The predicted molar refractivity (Wildman–Crippen MR) is 66.8 cm³/mol. The molecule has 2 nitrogen and oxygen atoms in total. The fourth-order valence-electron chi connectivity index (χ4n) is 2.42. The van der Waals surface area contributed by atoms with Crippen LogP contribution < -0.4 is 5.73 Å². The molecule has 0 heterocycles. The van der Waals surface area contributed by atoms with Crippen molar-refractivity contribution in [2.75, 3.05) is 20.1 Å². The highest BCUT2D eigenvalue weighted by molar-refractivity contribution is 4.84.